The van der Waals surface area contributed by atoms with E-state index in [1.165, 1.54) is 0 Å². The summed E-state index contributed by atoms with van der Waals surface area (Å²) in [6.07, 6.45) is 4.61. The number of hydrogen-bond acceptors (Lipinski definition) is 3. The highest BCUT2D eigenvalue weighted by Gasteiger charge is 2.31. The SMILES string of the molecule is CCOC1CC(CC(=O)Cc2cc(CC)nn2C)C1. The van der Waals surface area contributed by atoms with E-state index < -0.39 is 0 Å². The van der Waals surface area contributed by atoms with E-state index in [9.17, 15) is 4.79 Å². The van der Waals surface area contributed by atoms with Crippen LogP contribution in [0.5, 0.6) is 0 Å². The molecule has 0 bridgehead atoms. The average molecular weight is 264 g/mol. The normalized spacial score (nSPS) is 22.3. The number of ketones is 1. The number of rotatable bonds is 7. The van der Waals surface area contributed by atoms with Crippen molar-refractivity contribution in [3.8, 4) is 0 Å². The number of aromatic nitrogens is 2. The Morgan fingerprint density at radius 1 is 1.47 bits per heavy atom. The topological polar surface area (TPSA) is 44.1 Å². The van der Waals surface area contributed by atoms with E-state index >= 15 is 0 Å². The highest BCUT2D eigenvalue weighted by molar-refractivity contribution is 5.80. The van der Waals surface area contributed by atoms with Gasteiger partial charge in [0.2, 0.25) is 0 Å². The number of nitrogens with zero attached hydrogens (tertiary/aromatic N) is 2. The maximum atomic E-state index is 12.0. The van der Waals surface area contributed by atoms with Gasteiger partial charge < -0.3 is 4.74 Å². The first-order chi connectivity index (χ1) is 9.12. The molecule has 106 valence electrons. The minimum absolute atomic E-state index is 0.325. The van der Waals surface area contributed by atoms with E-state index in [1.54, 1.807) is 0 Å². The molecule has 0 N–H and O–H groups in total. The van der Waals surface area contributed by atoms with E-state index in [2.05, 4.69) is 12.0 Å². The Bertz CT molecular complexity index is 433. The first-order valence-corrected chi connectivity index (χ1v) is 7.27. The van der Waals surface area contributed by atoms with Crippen LogP contribution in [-0.2, 0) is 29.4 Å². The lowest BCUT2D eigenvalue weighted by Gasteiger charge is -2.34. The highest BCUT2D eigenvalue weighted by Crippen LogP contribution is 2.33. The van der Waals surface area contributed by atoms with Gasteiger partial charge in [-0.25, -0.2) is 0 Å². The molecule has 0 saturated heterocycles. The lowest BCUT2D eigenvalue weighted by atomic mass is 9.78. The van der Waals surface area contributed by atoms with Crippen molar-refractivity contribution in [2.75, 3.05) is 6.61 Å². The van der Waals surface area contributed by atoms with E-state index in [0.717, 1.165) is 37.3 Å². The standard InChI is InChI=1S/C15H24N2O2/c1-4-12-9-13(17(3)16-12)10-14(18)6-11-7-15(8-11)19-5-2/h9,11,15H,4-8,10H2,1-3H3. The molecule has 19 heavy (non-hydrogen) atoms. The maximum absolute atomic E-state index is 12.0. The number of Topliss-reactive ketones (excluding diaryl/α,β-unsaturated/α-hetero) is 1. The summed E-state index contributed by atoms with van der Waals surface area (Å²) in [7, 11) is 1.91. The Morgan fingerprint density at radius 2 is 2.21 bits per heavy atom. The van der Waals surface area contributed by atoms with Gasteiger partial charge in [-0.3, -0.25) is 9.48 Å². The number of hydrogen-bond donors (Lipinski definition) is 0. The summed E-state index contributed by atoms with van der Waals surface area (Å²) in [6, 6.07) is 2.04. The molecule has 1 aliphatic rings. The Kier molecular flexibility index (Phi) is 4.75. The predicted molar refractivity (Wildman–Crippen MR) is 74.1 cm³/mol. The monoisotopic (exact) mass is 264 g/mol. The Morgan fingerprint density at radius 3 is 2.79 bits per heavy atom. The molecule has 0 unspecified atom stereocenters. The zero-order valence-electron chi connectivity index (χ0n) is 12.2. The summed E-state index contributed by atoms with van der Waals surface area (Å²) >= 11 is 0. The largest absolute Gasteiger partial charge is 0.378 e. The summed E-state index contributed by atoms with van der Waals surface area (Å²) in [5.41, 5.74) is 2.09. The van der Waals surface area contributed by atoms with Crippen LogP contribution >= 0.6 is 0 Å². The second-order valence-electron chi connectivity index (χ2n) is 5.44. The van der Waals surface area contributed by atoms with Crippen LogP contribution in [0.15, 0.2) is 6.07 Å². The van der Waals surface area contributed by atoms with Gasteiger partial charge in [-0.2, -0.15) is 5.10 Å². The Balaban J connectivity index is 1.77. The molecule has 0 radical (unpaired) electrons. The Labute approximate surface area is 115 Å². The zero-order valence-corrected chi connectivity index (χ0v) is 12.2. The third-order valence-electron chi connectivity index (χ3n) is 3.88. The van der Waals surface area contributed by atoms with Gasteiger partial charge in [-0.05, 0) is 38.2 Å². The predicted octanol–water partition coefficient (Wildman–Crippen LogP) is 2.30. The lowest BCUT2D eigenvalue weighted by molar-refractivity contribution is -0.121. The average Bonchev–Trinajstić information content (AvgIpc) is 2.67. The van der Waals surface area contributed by atoms with Gasteiger partial charge in [-0.1, -0.05) is 6.92 Å². The third-order valence-corrected chi connectivity index (χ3v) is 3.88. The van der Waals surface area contributed by atoms with Crippen LogP contribution in [0.25, 0.3) is 0 Å². The third kappa shape index (κ3) is 3.66. The van der Waals surface area contributed by atoms with Crippen molar-refractivity contribution < 1.29 is 9.53 Å². The van der Waals surface area contributed by atoms with Gasteiger partial charge in [0.1, 0.15) is 5.78 Å². The van der Waals surface area contributed by atoms with Crippen molar-refractivity contribution in [2.24, 2.45) is 13.0 Å². The fourth-order valence-electron chi connectivity index (χ4n) is 2.72. The fraction of sp³-hybridized carbons (Fsp3) is 0.733. The number of ether oxygens (including phenoxy) is 1. The molecule has 1 heterocycles. The van der Waals surface area contributed by atoms with Gasteiger partial charge >= 0.3 is 0 Å². The molecule has 0 atom stereocenters. The van der Waals surface area contributed by atoms with Gasteiger partial charge in [0.25, 0.3) is 0 Å². The van der Waals surface area contributed by atoms with Crippen molar-refractivity contribution in [1.29, 1.82) is 0 Å². The molecule has 0 aromatic carbocycles. The second-order valence-corrected chi connectivity index (χ2v) is 5.44. The van der Waals surface area contributed by atoms with Crippen molar-refractivity contribution in [3.63, 3.8) is 0 Å². The van der Waals surface area contributed by atoms with E-state index in [1.807, 2.05) is 24.7 Å². The molecule has 0 aliphatic heterocycles. The molecule has 0 amide bonds. The highest BCUT2D eigenvalue weighted by atomic mass is 16.5. The Hall–Kier alpha value is -1.16. The molecule has 1 fully saturated rings. The van der Waals surface area contributed by atoms with E-state index in [0.29, 0.717) is 30.6 Å². The molecule has 1 aromatic rings. The molecule has 4 heteroatoms. The smallest absolute Gasteiger partial charge is 0.139 e. The lowest BCUT2D eigenvalue weighted by Crippen LogP contribution is -2.33. The van der Waals surface area contributed by atoms with Crippen LogP contribution in [0.3, 0.4) is 0 Å². The summed E-state index contributed by atoms with van der Waals surface area (Å²) < 4.78 is 7.35. The summed E-state index contributed by atoms with van der Waals surface area (Å²) in [5.74, 6) is 0.855. The van der Waals surface area contributed by atoms with Gasteiger partial charge in [0, 0.05) is 32.2 Å². The van der Waals surface area contributed by atoms with Crippen LogP contribution in [0.2, 0.25) is 0 Å². The van der Waals surface area contributed by atoms with Crippen molar-refractivity contribution in [2.45, 2.75) is 52.1 Å². The first kappa shape index (κ1) is 14.3. The number of carbonyl (C=O) groups is 1. The minimum Gasteiger partial charge on any atom is -0.378 e. The molecular weight excluding hydrogens is 240 g/mol. The summed E-state index contributed by atoms with van der Waals surface area (Å²) in [5, 5.41) is 4.38. The molecule has 1 aliphatic carbocycles. The van der Waals surface area contributed by atoms with E-state index in [4.69, 9.17) is 4.74 Å². The van der Waals surface area contributed by atoms with Crippen LogP contribution in [0, 0.1) is 5.92 Å². The molecule has 1 saturated carbocycles. The van der Waals surface area contributed by atoms with E-state index in [-0.39, 0.29) is 0 Å². The molecule has 0 spiro atoms. The fourth-order valence-corrected chi connectivity index (χ4v) is 2.72. The molecule has 2 rings (SSSR count). The minimum atomic E-state index is 0.325. The molecular formula is C15H24N2O2. The second kappa shape index (κ2) is 6.33. The van der Waals surface area contributed by atoms with Crippen molar-refractivity contribution in [1.82, 2.24) is 9.78 Å². The van der Waals surface area contributed by atoms with Crippen LogP contribution in [-0.4, -0.2) is 28.3 Å². The molecule has 1 aromatic heterocycles. The summed E-state index contributed by atoms with van der Waals surface area (Å²) in [6.45, 7) is 4.88. The number of carbonyl (C=O) groups excluding carboxylic acids is 1. The maximum Gasteiger partial charge on any atom is 0.139 e. The zero-order chi connectivity index (χ0) is 13.8. The van der Waals surface area contributed by atoms with Crippen LogP contribution in [0.1, 0.15) is 44.5 Å². The first-order valence-electron chi connectivity index (χ1n) is 7.27. The van der Waals surface area contributed by atoms with Crippen molar-refractivity contribution >= 4 is 5.78 Å². The van der Waals surface area contributed by atoms with Gasteiger partial charge in [0.15, 0.2) is 0 Å². The van der Waals surface area contributed by atoms with Crippen LogP contribution in [0.4, 0.5) is 0 Å². The van der Waals surface area contributed by atoms with Gasteiger partial charge in [-0.15, -0.1) is 0 Å². The summed E-state index contributed by atoms with van der Waals surface area (Å²) in [4.78, 5) is 12.0. The van der Waals surface area contributed by atoms with Gasteiger partial charge in [0.05, 0.1) is 11.8 Å². The van der Waals surface area contributed by atoms with Crippen molar-refractivity contribution in [3.05, 3.63) is 17.5 Å². The van der Waals surface area contributed by atoms with Crippen LogP contribution < -0.4 is 0 Å². The quantitative estimate of drug-likeness (QED) is 0.759. The number of aryl methyl sites for hydroxylation is 2. The molecule has 4 nitrogen and oxygen atoms in total.